The van der Waals surface area contributed by atoms with Gasteiger partial charge < -0.3 is 9.84 Å². The molecule has 202 valence electrons. The molecule has 3 aromatic carbocycles. The van der Waals surface area contributed by atoms with Crippen molar-refractivity contribution in [3.05, 3.63) is 94.3 Å². The summed E-state index contributed by atoms with van der Waals surface area (Å²) in [5, 5.41) is 9.83. The average molecular weight is 525 g/mol. The summed E-state index contributed by atoms with van der Waals surface area (Å²) in [4.78, 5) is 12.0. The van der Waals surface area contributed by atoms with Crippen LogP contribution in [-0.2, 0) is 23.2 Å². The maximum absolute atomic E-state index is 15.0. The summed E-state index contributed by atoms with van der Waals surface area (Å²) in [6.45, 7) is 6.92. The zero-order valence-electron chi connectivity index (χ0n) is 23.1. The summed E-state index contributed by atoms with van der Waals surface area (Å²) >= 11 is 0. The molecule has 1 saturated carbocycles. The Labute approximate surface area is 230 Å². The minimum absolute atomic E-state index is 0.0186. The van der Waals surface area contributed by atoms with E-state index in [1.165, 1.54) is 16.7 Å². The molecule has 6 rings (SSSR count). The summed E-state index contributed by atoms with van der Waals surface area (Å²) in [7, 11) is 0. The lowest BCUT2D eigenvalue weighted by Gasteiger charge is -2.51. The van der Waals surface area contributed by atoms with Gasteiger partial charge in [0.25, 0.3) is 0 Å². The van der Waals surface area contributed by atoms with Gasteiger partial charge in [-0.15, -0.1) is 0 Å². The van der Waals surface area contributed by atoms with E-state index in [9.17, 15) is 9.90 Å². The first-order valence-electron chi connectivity index (χ1n) is 14.3. The van der Waals surface area contributed by atoms with E-state index in [4.69, 9.17) is 4.74 Å². The number of allylic oxidation sites excluding steroid dienone is 2. The van der Waals surface area contributed by atoms with Gasteiger partial charge in [0, 0.05) is 11.0 Å². The third-order valence-corrected chi connectivity index (χ3v) is 9.57. The maximum Gasteiger partial charge on any atom is 0.307 e. The molecule has 4 heteroatoms. The minimum Gasteiger partial charge on any atom is -0.489 e. The lowest BCUT2D eigenvalue weighted by Crippen LogP contribution is -2.50. The number of benzene rings is 3. The van der Waals surface area contributed by atoms with Gasteiger partial charge in [-0.1, -0.05) is 49.8 Å². The Hall–Kier alpha value is -3.40. The van der Waals surface area contributed by atoms with Gasteiger partial charge in [0.15, 0.2) is 0 Å². The van der Waals surface area contributed by atoms with Gasteiger partial charge in [0.1, 0.15) is 18.2 Å². The molecule has 3 aromatic rings. The van der Waals surface area contributed by atoms with E-state index in [1.54, 1.807) is 6.07 Å². The molecule has 0 aromatic heterocycles. The topological polar surface area (TPSA) is 46.5 Å². The maximum atomic E-state index is 15.0. The largest absolute Gasteiger partial charge is 0.489 e. The minimum atomic E-state index is -0.678. The molecular formula is C35H37FO3. The van der Waals surface area contributed by atoms with E-state index in [0.717, 1.165) is 72.9 Å². The normalized spacial score (nSPS) is 23.2. The fourth-order valence-corrected chi connectivity index (χ4v) is 7.29. The van der Waals surface area contributed by atoms with Gasteiger partial charge in [-0.25, -0.2) is 4.39 Å². The van der Waals surface area contributed by atoms with Crippen LogP contribution in [0.25, 0.3) is 16.7 Å². The highest BCUT2D eigenvalue weighted by atomic mass is 19.1. The molecule has 0 radical (unpaired) electrons. The first kappa shape index (κ1) is 25.9. The number of aliphatic carboxylic acids is 1. The zero-order chi connectivity index (χ0) is 27.4. The number of rotatable bonds is 6. The first-order valence-corrected chi connectivity index (χ1v) is 14.3. The second-order valence-corrected chi connectivity index (χ2v) is 12.5. The number of halogens is 1. The van der Waals surface area contributed by atoms with Crippen molar-refractivity contribution >= 4 is 11.5 Å². The fraction of sp³-hybridized carbons (Fsp3) is 0.400. The monoisotopic (exact) mass is 524 g/mol. The lowest BCUT2D eigenvalue weighted by atomic mass is 9.52. The van der Waals surface area contributed by atoms with Crippen LogP contribution in [0.5, 0.6) is 5.75 Å². The van der Waals surface area contributed by atoms with Crippen LogP contribution in [0.4, 0.5) is 4.39 Å². The van der Waals surface area contributed by atoms with Gasteiger partial charge in [-0.3, -0.25) is 4.79 Å². The third kappa shape index (κ3) is 4.48. The molecule has 39 heavy (non-hydrogen) atoms. The Morgan fingerprint density at radius 2 is 1.85 bits per heavy atom. The predicted molar refractivity (Wildman–Crippen MR) is 153 cm³/mol. The number of hydrogen-bond donors (Lipinski definition) is 1. The first-order chi connectivity index (χ1) is 18.7. The van der Waals surface area contributed by atoms with Crippen molar-refractivity contribution < 1.29 is 19.0 Å². The molecule has 0 amide bonds. The second kappa shape index (κ2) is 9.66. The number of carboxylic acids is 1. The average Bonchev–Trinajstić information content (AvgIpc) is 3.26. The number of ether oxygens (including phenoxy) is 1. The number of aryl methyl sites for hydroxylation is 2. The van der Waals surface area contributed by atoms with Crippen LogP contribution in [-0.4, -0.2) is 11.1 Å². The third-order valence-electron chi connectivity index (χ3n) is 9.57. The number of fused-ring (bicyclic) bond motifs is 2. The summed E-state index contributed by atoms with van der Waals surface area (Å²) in [6.07, 6.45) is 9.06. The highest BCUT2D eigenvalue weighted by Crippen LogP contribution is 2.56. The van der Waals surface area contributed by atoms with Crippen molar-refractivity contribution in [2.45, 2.75) is 77.7 Å². The predicted octanol–water partition coefficient (Wildman–Crippen LogP) is 8.65. The van der Waals surface area contributed by atoms with Gasteiger partial charge in [0.05, 0.1) is 5.92 Å². The summed E-state index contributed by atoms with van der Waals surface area (Å²) in [5.74, 6) is -0.406. The SMILES string of the molecule is Cc1ccc(F)c(-c2ccc(COc3ccc4c(c3)[C@@]3(CCC4)CC[C@H]3C(=O)O)cc2C2=CCCC2(C)C)c1. The molecule has 1 spiro atoms. The molecule has 1 N–H and O–H groups in total. The molecule has 0 unspecified atom stereocenters. The molecule has 0 heterocycles. The van der Waals surface area contributed by atoms with E-state index in [2.05, 4.69) is 38.1 Å². The van der Waals surface area contributed by atoms with Gasteiger partial charge in [-0.05, 0) is 121 Å². The lowest BCUT2D eigenvalue weighted by molar-refractivity contribution is -0.150. The van der Waals surface area contributed by atoms with Crippen molar-refractivity contribution in [2.24, 2.45) is 11.3 Å². The molecule has 0 aliphatic heterocycles. The van der Waals surface area contributed by atoms with E-state index < -0.39 is 5.97 Å². The van der Waals surface area contributed by atoms with Crippen LogP contribution in [0.1, 0.15) is 80.2 Å². The Balaban J connectivity index is 1.32. The quantitative estimate of drug-likeness (QED) is 0.351. The standard InChI is InChI=1S/C35H37FO3/c1-22-8-13-32(36)28(18-22)26-12-9-23(19-27(26)29-7-5-15-34(29,2)3)21-39-25-11-10-24-6-4-16-35(31(24)20-25)17-14-30(35)33(37)38/h7-13,18-20,30H,4-6,14-17,21H2,1-3H3,(H,37,38)/t30-,35-/m0/s1. The number of carbonyl (C=O) groups is 1. The van der Waals surface area contributed by atoms with Crippen molar-refractivity contribution in [1.29, 1.82) is 0 Å². The van der Waals surface area contributed by atoms with E-state index >= 15 is 4.39 Å². The molecule has 0 saturated heterocycles. The van der Waals surface area contributed by atoms with E-state index in [0.29, 0.717) is 12.2 Å². The Morgan fingerprint density at radius 1 is 1.00 bits per heavy atom. The summed E-state index contributed by atoms with van der Waals surface area (Å²) < 4.78 is 21.3. The Bertz CT molecular complexity index is 1480. The van der Waals surface area contributed by atoms with Crippen LogP contribution in [0.15, 0.2) is 60.7 Å². The summed E-state index contributed by atoms with van der Waals surface area (Å²) in [5.41, 5.74) is 8.17. The van der Waals surface area contributed by atoms with Crippen molar-refractivity contribution in [3.63, 3.8) is 0 Å². The Morgan fingerprint density at radius 3 is 2.56 bits per heavy atom. The highest BCUT2D eigenvalue weighted by Gasteiger charge is 2.53. The molecule has 0 bridgehead atoms. The van der Waals surface area contributed by atoms with E-state index in [1.807, 2.05) is 37.3 Å². The van der Waals surface area contributed by atoms with Crippen molar-refractivity contribution in [3.8, 4) is 16.9 Å². The van der Waals surface area contributed by atoms with Crippen LogP contribution < -0.4 is 4.74 Å². The highest BCUT2D eigenvalue weighted by molar-refractivity contribution is 5.85. The van der Waals surface area contributed by atoms with Crippen molar-refractivity contribution in [2.75, 3.05) is 0 Å². The van der Waals surface area contributed by atoms with E-state index in [-0.39, 0.29) is 22.6 Å². The van der Waals surface area contributed by atoms with Crippen LogP contribution in [0.2, 0.25) is 0 Å². The van der Waals surface area contributed by atoms with Gasteiger partial charge in [0.2, 0.25) is 0 Å². The van der Waals surface area contributed by atoms with Crippen LogP contribution in [0.3, 0.4) is 0 Å². The molecule has 1 fully saturated rings. The number of carboxylic acid groups (broad SMARTS) is 1. The molecule has 3 nitrogen and oxygen atoms in total. The molecule has 2 atom stereocenters. The molecule has 3 aliphatic rings. The van der Waals surface area contributed by atoms with Crippen molar-refractivity contribution in [1.82, 2.24) is 0 Å². The van der Waals surface area contributed by atoms with Crippen LogP contribution >= 0.6 is 0 Å². The van der Waals surface area contributed by atoms with Crippen LogP contribution in [0, 0.1) is 24.1 Å². The Kier molecular flexibility index (Phi) is 6.40. The second-order valence-electron chi connectivity index (χ2n) is 12.5. The molecular weight excluding hydrogens is 487 g/mol. The fourth-order valence-electron chi connectivity index (χ4n) is 7.29. The summed E-state index contributed by atoms with van der Waals surface area (Å²) in [6, 6.07) is 17.8. The molecule has 3 aliphatic carbocycles. The zero-order valence-corrected chi connectivity index (χ0v) is 23.1. The number of hydrogen-bond acceptors (Lipinski definition) is 2. The van der Waals surface area contributed by atoms with Gasteiger partial charge >= 0.3 is 5.97 Å². The van der Waals surface area contributed by atoms with Gasteiger partial charge in [-0.2, -0.15) is 0 Å². The smallest absolute Gasteiger partial charge is 0.307 e.